The summed E-state index contributed by atoms with van der Waals surface area (Å²) in [4.78, 5) is 17.0. The molecular formula is C23H17Br2IN2O3. The molecule has 8 heteroatoms. The van der Waals surface area contributed by atoms with Crippen LogP contribution in [-0.2, 0) is 4.79 Å². The molecule has 4 aromatic rings. The van der Waals surface area contributed by atoms with Crippen molar-refractivity contribution in [3.05, 3.63) is 72.2 Å². The lowest BCUT2D eigenvalue weighted by Gasteiger charge is -2.12. The number of aromatic nitrogens is 1. The Kier molecular flexibility index (Phi) is 6.68. The van der Waals surface area contributed by atoms with E-state index < -0.39 is 0 Å². The number of oxazole rings is 1. The zero-order valence-electron chi connectivity index (χ0n) is 16.6. The molecule has 0 aliphatic rings. The Balaban J connectivity index is 1.49. The Bertz CT molecular complexity index is 1280. The van der Waals surface area contributed by atoms with E-state index in [9.17, 15) is 4.79 Å². The maximum Gasteiger partial charge on any atom is 0.262 e. The molecule has 0 spiro atoms. The summed E-state index contributed by atoms with van der Waals surface area (Å²) in [5.41, 5.74) is 4.91. The summed E-state index contributed by atoms with van der Waals surface area (Å²) in [5.74, 6) is 0.933. The van der Waals surface area contributed by atoms with Crippen molar-refractivity contribution in [2.75, 3.05) is 11.9 Å². The first-order valence-corrected chi connectivity index (χ1v) is 12.0. The number of nitrogens with one attached hydrogen (secondary N) is 1. The lowest BCUT2D eigenvalue weighted by Crippen LogP contribution is -2.20. The van der Waals surface area contributed by atoms with Crippen molar-refractivity contribution in [1.82, 2.24) is 4.98 Å². The highest BCUT2D eigenvalue weighted by Gasteiger charge is 2.14. The highest BCUT2D eigenvalue weighted by atomic mass is 127. The van der Waals surface area contributed by atoms with Crippen LogP contribution in [0.5, 0.6) is 5.75 Å². The summed E-state index contributed by atoms with van der Waals surface area (Å²) in [7, 11) is 0. The van der Waals surface area contributed by atoms with Crippen LogP contribution in [0.1, 0.15) is 11.1 Å². The molecule has 0 radical (unpaired) electrons. The molecule has 5 nitrogen and oxygen atoms in total. The van der Waals surface area contributed by atoms with Gasteiger partial charge in [0.1, 0.15) is 11.3 Å². The minimum Gasteiger partial charge on any atom is -0.482 e. The van der Waals surface area contributed by atoms with Crippen LogP contribution in [0.2, 0.25) is 0 Å². The number of hydrogen-bond acceptors (Lipinski definition) is 4. The van der Waals surface area contributed by atoms with Crippen LogP contribution in [0.4, 0.5) is 5.69 Å². The number of amides is 1. The fourth-order valence-electron chi connectivity index (χ4n) is 3.20. The number of benzene rings is 3. The van der Waals surface area contributed by atoms with E-state index in [4.69, 9.17) is 9.15 Å². The topological polar surface area (TPSA) is 64.4 Å². The van der Waals surface area contributed by atoms with Crippen molar-refractivity contribution in [3.63, 3.8) is 0 Å². The molecule has 4 rings (SSSR count). The van der Waals surface area contributed by atoms with E-state index in [2.05, 4.69) is 64.8 Å². The second kappa shape index (κ2) is 9.30. The van der Waals surface area contributed by atoms with Gasteiger partial charge in [-0.1, -0.05) is 6.07 Å². The second-order valence-electron chi connectivity index (χ2n) is 7.06. The third-order valence-corrected chi connectivity index (χ3v) is 6.50. The van der Waals surface area contributed by atoms with E-state index >= 15 is 0 Å². The number of hydrogen-bond donors (Lipinski definition) is 1. The predicted octanol–water partition coefficient (Wildman–Crippen LogP) is 7.26. The number of rotatable bonds is 5. The van der Waals surface area contributed by atoms with E-state index in [0.717, 1.165) is 29.2 Å². The van der Waals surface area contributed by atoms with Gasteiger partial charge in [-0.2, -0.15) is 0 Å². The van der Waals surface area contributed by atoms with E-state index in [1.807, 2.05) is 44.2 Å². The van der Waals surface area contributed by atoms with Crippen molar-refractivity contribution < 1.29 is 13.9 Å². The van der Waals surface area contributed by atoms with Crippen LogP contribution < -0.4 is 10.1 Å². The largest absolute Gasteiger partial charge is 0.482 e. The summed E-state index contributed by atoms with van der Waals surface area (Å²) >= 11 is 9.29. The minimum absolute atomic E-state index is 0.0972. The van der Waals surface area contributed by atoms with Gasteiger partial charge >= 0.3 is 0 Å². The number of anilines is 1. The standard InChI is InChI=1S/C23H17Br2IN2O3/c1-12-7-13(2)22(18(25)8-12)30-11-21(29)27-15-4-6-20-19(10-15)28-23(31-20)16-9-14(26)3-5-17(16)24/h3-10H,11H2,1-2H3,(H,27,29). The molecule has 0 atom stereocenters. The van der Waals surface area contributed by atoms with Gasteiger partial charge in [0.25, 0.3) is 5.91 Å². The van der Waals surface area contributed by atoms with Crippen molar-refractivity contribution in [2.24, 2.45) is 0 Å². The zero-order valence-corrected chi connectivity index (χ0v) is 22.0. The smallest absolute Gasteiger partial charge is 0.262 e. The minimum atomic E-state index is -0.254. The molecule has 158 valence electrons. The van der Waals surface area contributed by atoms with Crippen LogP contribution in [0.15, 0.2) is 61.9 Å². The summed E-state index contributed by atoms with van der Waals surface area (Å²) in [5, 5.41) is 2.85. The number of nitrogens with zero attached hydrogens (tertiary/aromatic N) is 1. The molecule has 0 unspecified atom stereocenters. The molecule has 3 aromatic carbocycles. The van der Waals surface area contributed by atoms with Crippen molar-refractivity contribution >= 4 is 77.1 Å². The van der Waals surface area contributed by atoms with Gasteiger partial charge in [-0.05, 0) is 122 Å². The average molecular weight is 656 g/mol. The summed E-state index contributed by atoms with van der Waals surface area (Å²) < 4.78 is 14.5. The van der Waals surface area contributed by atoms with Gasteiger partial charge in [-0.3, -0.25) is 4.79 Å². The van der Waals surface area contributed by atoms with Gasteiger partial charge in [0.2, 0.25) is 5.89 Å². The van der Waals surface area contributed by atoms with Gasteiger partial charge in [0.15, 0.2) is 12.2 Å². The Labute approximate surface area is 210 Å². The monoisotopic (exact) mass is 654 g/mol. The molecule has 0 aliphatic carbocycles. The van der Waals surface area contributed by atoms with Crippen molar-refractivity contribution in [1.29, 1.82) is 0 Å². The highest BCUT2D eigenvalue weighted by molar-refractivity contribution is 14.1. The summed E-state index contributed by atoms with van der Waals surface area (Å²) in [6, 6.07) is 15.3. The first kappa shape index (κ1) is 22.3. The third kappa shape index (κ3) is 5.12. The van der Waals surface area contributed by atoms with Crippen LogP contribution in [0.3, 0.4) is 0 Å². The number of carbonyl (C=O) groups is 1. The van der Waals surface area contributed by atoms with Gasteiger partial charge in [-0.25, -0.2) is 4.98 Å². The van der Waals surface area contributed by atoms with Crippen LogP contribution >= 0.6 is 54.5 Å². The van der Waals surface area contributed by atoms with Crippen LogP contribution in [0, 0.1) is 17.4 Å². The first-order valence-electron chi connectivity index (χ1n) is 9.35. The lowest BCUT2D eigenvalue weighted by molar-refractivity contribution is -0.118. The SMILES string of the molecule is Cc1cc(C)c(OCC(=O)Nc2ccc3oc(-c4cc(I)ccc4Br)nc3c2)c(Br)c1. The quantitative estimate of drug-likeness (QED) is 0.230. The molecule has 0 aliphatic heterocycles. The van der Waals surface area contributed by atoms with E-state index in [1.54, 1.807) is 18.2 Å². The zero-order chi connectivity index (χ0) is 22.1. The maximum atomic E-state index is 12.4. The van der Waals surface area contributed by atoms with Crippen LogP contribution in [0.25, 0.3) is 22.6 Å². The molecule has 0 saturated heterocycles. The predicted molar refractivity (Wildman–Crippen MR) is 138 cm³/mol. The lowest BCUT2D eigenvalue weighted by atomic mass is 10.1. The van der Waals surface area contributed by atoms with E-state index in [0.29, 0.717) is 28.4 Å². The first-order chi connectivity index (χ1) is 14.8. The molecule has 1 N–H and O–H groups in total. The molecule has 0 bridgehead atoms. The number of halogens is 3. The van der Waals surface area contributed by atoms with E-state index in [1.165, 1.54) is 0 Å². The molecule has 1 heterocycles. The van der Waals surface area contributed by atoms with Crippen LogP contribution in [-0.4, -0.2) is 17.5 Å². The Morgan fingerprint density at radius 2 is 1.90 bits per heavy atom. The fraction of sp³-hybridized carbons (Fsp3) is 0.130. The Morgan fingerprint density at radius 1 is 1.10 bits per heavy atom. The van der Waals surface area contributed by atoms with E-state index in [-0.39, 0.29) is 12.5 Å². The molecule has 1 aromatic heterocycles. The fourth-order valence-corrected chi connectivity index (χ4v) is 4.90. The van der Waals surface area contributed by atoms with Gasteiger partial charge in [0, 0.05) is 13.7 Å². The number of ether oxygens (including phenoxy) is 1. The number of fused-ring (bicyclic) bond motifs is 1. The molecular weight excluding hydrogens is 639 g/mol. The number of aryl methyl sites for hydroxylation is 2. The third-order valence-electron chi connectivity index (χ3n) is 4.55. The summed E-state index contributed by atoms with van der Waals surface area (Å²) in [6.07, 6.45) is 0. The second-order valence-corrected chi connectivity index (χ2v) is 10.0. The molecule has 0 fully saturated rings. The van der Waals surface area contributed by atoms with Crippen molar-refractivity contribution in [2.45, 2.75) is 13.8 Å². The molecule has 0 saturated carbocycles. The van der Waals surface area contributed by atoms with Crippen molar-refractivity contribution in [3.8, 4) is 17.2 Å². The van der Waals surface area contributed by atoms with Gasteiger partial charge < -0.3 is 14.5 Å². The normalized spacial score (nSPS) is 11.0. The Morgan fingerprint density at radius 3 is 2.68 bits per heavy atom. The molecule has 31 heavy (non-hydrogen) atoms. The number of carbonyl (C=O) groups excluding carboxylic acids is 1. The van der Waals surface area contributed by atoms with Gasteiger partial charge in [-0.15, -0.1) is 0 Å². The average Bonchev–Trinajstić information content (AvgIpc) is 3.12. The summed E-state index contributed by atoms with van der Waals surface area (Å²) in [6.45, 7) is 3.87. The molecule has 1 amide bonds. The highest BCUT2D eigenvalue weighted by Crippen LogP contribution is 2.33. The Hall–Kier alpha value is -1.91. The van der Waals surface area contributed by atoms with Gasteiger partial charge in [0.05, 0.1) is 10.0 Å². The maximum absolute atomic E-state index is 12.4.